The van der Waals surface area contributed by atoms with Gasteiger partial charge >= 0.3 is 6.18 Å². The molecule has 1 aromatic heterocycles. The van der Waals surface area contributed by atoms with E-state index >= 15 is 0 Å². The molecule has 0 aromatic carbocycles. The Hall–Kier alpha value is -1.75. The number of nitrogens with zero attached hydrogens (tertiary/aromatic N) is 2. The molecule has 2 saturated heterocycles. The third-order valence-electron chi connectivity index (χ3n) is 9.26. The number of ether oxygens (including phenoxy) is 2. The lowest BCUT2D eigenvalue weighted by atomic mass is 9.76. The van der Waals surface area contributed by atoms with Gasteiger partial charge in [0.15, 0.2) is 0 Å². The highest BCUT2D eigenvalue weighted by Gasteiger charge is 2.48. The van der Waals surface area contributed by atoms with Gasteiger partial charge in [-0.1, -0.05) is 0 Å². The van der Waals surface area contributed by atoms with Crippen molar-refractivity contribution in [3.05, 3.63) is 29.1 Å². The number of amides is 1. The topological polar surface area (TPSA) is 75.7 Å². The Morgan fingerprint density at radius 2 is 2.11 bits per heavy atom. The van der Waals surface area contributed by atoms with E-state index in [2.05, 4.69) is 15.6 Å². The number of piperidine rings is 1. The van der Waals surface area contributed by atoms with Gasteiger partial charge in [-0.25, -0.2) is 0 Å². The molecule has 10 heteroatoms. The highest BCUT2D eigenvalue weighted by Crippen LogP contribution is 2.46. The zero-order valence-corrected chi connectivity index (χ0v) is 22.3. The molecule has 2 N–H and O–H groups in total. The lowest BCUT2D eigenvalue weighted by Crippen LogP contribution is -2.51. The molecule has 4 heterocycles. The number of hydrogen-bond acceptors (Lipinski definition) is 6. The lowest BCUT2D eigenvalue weighted by molar-refractivity contribution is -0.144. The van der Waals surface area contributed by atoms with Crippen LogP contribution in [0.5, 0.6) is 0 Å². The Morgan fingerprint density at radius 3 is 2.87 bits per heavy atom. The van der Waals surface area contributed by atoms with Crippen molar-refractivity contribution in [2.75, 3.05) is 40.0 Å². The predicted molar refractivity (Wildman–Crippen MR) is 136 cm³/mol. The molecule has 1 aromatic rings. The third kappa shape index (κ3) is 6.18. The van der Waals surface area contributed by atoms with E-state index in [1.807, 2.05) is 0 Å². The summed E-state index contributed by atoms with van der Waals surface area (Å²) in [6, 6.07) is 1.59. The van der Waals surface area contributed by atoms with Crippen LogP contribution in [0.3, 0.4) is 0 Å². The van der Waals surface area contributed by atoms with Crippen LogP contribution in [0.1, 0.15) is 68.2 Å². The van der Waals surface area contributed by atoms with E-state index in [4.69, 9.17) is 9.47 Å². The summed E-state index contributed by atoms with van der Waals surface area (Å²) in [7, 11) is 1.71. The maximum atomic E-state index is 14.2. The summed E-state index contributed by atoms with van der Waals surface area (Å²) in [5, 5.41) is 7.21. The van der Waals surface area contributed by atoms with Gasteiger partial charge < -0.3 is 25.0 Å². The van der Waals surface area contributed by atoms with Gasteiger partial charge in [0.1, 0.15) is 0 Å². The number of alkyl halides is 3. The number of carbonyl (C=O) groups excluding carboxylic acids is 1. The number of nitrogens with one attached hydrogen (secondary N) is 2. The maximum Gasteiger partial charge on any atom is 0.417 e. The first kappa shape index (κ1) is 27.8. The van der Waals surface area contributed by atoms with Gasteiger partial charge in [-0.2, -0.15) is 13.2 Å². The quantitative estimate of drug-likeness (QED) is 0.552. The summed E-state index contributed by atoms with van der Waals surface area (Å²) < 4.78 is 51.2. The van der Waals surface area contributed by atoms with Crippen LogP contribution >= 0.6 is 0 Å². The summed E-state index contributed by atoms with van der Waals surface area (Å²) in [6.45, 7) is 4.02. The van der Waals surface area contributed by atoms with Gasteiger partial charge in [-0.3, -0.25) is 9.78 Å². The van der Waals surface area contributed by atoms with Crippen LogP contribution in [0, 0.1) is 11.3 Å². The molecule has 212 valence electrons. The molecular formula is C28H41F3N4O3. The van der Waals surface area contributed by atoms with E-state index in [9.17, 15) is 18.0 Å². The van der Waals surface area contributed by atoms with Crippen LogP contribution in [0.2, 0.25) is 0 Å². The van der Waals surface area contributed by atoms with Crippen molar-refractivity contribution in [3.63, 3.8) is 0 Å². The fourth-order valence-corrected chi connectivity index (χ4v) is 6.98. The van der Waals surface area contributed by atoms with Crippen molar-refractivity contribution in [2.45, 2.75) is 88.7 Å². The third-order valence-corrected chi connectivity index (χ3v) is 9.26. The predicted octanol–water partition coefficient (Wildman–Crippen LogP) is 3.70. The monoisotopic (exact) mass is 538 g/mol. The molecule has 0 unspecified atom stereocenters. The van der Waals surface area contributed by atoms with E-state index < -0.39 is 17.2 Å². The van der Waals surface area contributed by atoms with Gasteiger partial charge in [0.25, 0.3) is 0 Å². The first-order valence-electron chi connectivity index (χ1n) is 14.2. The first-order chi connectivity index (χ1) is 18.3. The number of hydrogen-bond donors (Lipinski definition) is 2. The molecular weight excluding hydrogens is 497 g/mol. The highest BCUT2D eigenvalue weighted by atomic mass is 19.4. The zero-order chi connectivity index (χ0) is 26.8. The number of methoxy groups -OCH3 is 1. The number of pyridine rings is 1. The second kappa shape index (κ2) is 11.8. The minimum Gasteiger partial charge on any atom is -0.379 e. The van der Waals surface area contributed by atoms with Crippen molar-refractivity contribution in [2.24, 2.45) is 11.3 Å². The molecule has 4 aliphatic rings. The highest BCUT2D eigenvalue weighted by molar-refractivity contribution is 5.83. The molecule has 0 bridgehead atoms. The van der Waals surface area contributed by atoms with Gasteiger partial charge in [-0.05, 0) is 82.0 Å². The summed E-state index contributed by atoms with van der Waals surface area (Å²) in [5.74, 6) is 0.719. The molecule has 0 radical (unpaired) electrons. The largest absolute Gasteiger partial charge is 0.417 e. The van der Waals surface area contributed by atoms with Crippen LogP contribution in [-0.2, 0) is 33.4 Å². The average Bonchev–Trinajstić information content (AvgIpc) is 3.35. The van der Waals surface area contributed by atoms with Crippen molar-refractivity contribution in [1.82, 2.24) is 20.5 Å². The Kier molecular flexibility index (Phi) is 8.62. The van der Waals surface area contributed by atoms with Crippen molar-refractivity contribution < 1.29 is 27.4 Å². The second-order valence-electron chi connectivity index (χ2n) is 11.7. The summed E-state index contributed by atoms with van der Waals surface area (Å²) >= 11 is 0. The van der Waals surface area contributed by atoms with Gasteiger partial charge in [0.2, 0.25) is 5.91 Å². The normalized spacial score (nSPS) is 30.8. The van der Waals surface area contributed by atoms with Crippen molar-refractivity contribution in [1.29, 1.82) is 0 Å². The van der Waals surface area contributed by atoms with Crippen LogP contribution in [0.25, 0.3) is 0 Å². The van der Waals surface area contributed by atoms with E-state index in [-0.39, 0.29) is 30.6 Å². The van der Waals surface area contributed by atoms with Gasteiger partial charge in [-0.15, -0.1) is 0 Å². The van der Waals surface area contributed by atoms with Crippen molar-refractivity contribution >= 4 is 5.91 Å². The van der Waals surface area contributed by atoms with Gasteiger partial charge in [0, 0.05) is 57.2 Å². The summed E-state index contributed by atoms with van der Waals surface area (Å²) in [5.41, 5.74) is -0.0452. The number of fused-ring (bicyclic) bond motifs is 1. The van der Waals surface area contributed by atoms with E-state index in [1.54, 1.807) is 12.0 Å². The molecule has 1 saturated carbocycles. The molecule has 1 amide bonds. The standard InChI is InChI=1S/C28H41F3N4O3/c1-37-25-18-38-13-7-24(25)34-22-3-9-27(15-22,8-2-19-4-10-32-11-5-19)26(36)35-12-6-23-20(17-35)14-21(16-33-23)28(29,30)31/h14,16,19,22,24-25,32,34H,2-13,15,17-18H2,1H3/t22-,24+,25-,27+/m1/s1. The van der Waals surface area contributed by atoms with Crippen LogP contribution in [0.4, 0.5) is 13.2 Å². The molecule has 4 atom stereocenters. The number of aromatic nitrogens is 1. The molecule has 3 aliphatic heterocycles. The number of rotatable bonds is 7. The summed E-state index contributed by atoms with van der Waals surface area (Å²) in [6.07, 6.45) is 4.42. The zero-order valence-electron chi connectivity index (χ0n) is 22.3. The van der Waals surface area contributed by atoms with E-state index in [0.29, 0.717) is 43.4 Å². The molecule has 0 spiro atoms. The Morgan fingerprint density at radius 1 is 1.29 bits per heavy atom. The molecule has 1 aliphatic carbocycles. The first-order valence-corrected chi connectivity index (χ1v) is 14.2. The lowest BCUT2D eigenvalue weighted by Gasteiger charge is -2.39. The SMILES string of the molecule is CO[C@@H]1COCC[C@@H]1N[C@@H]1CC[C@](CCC2CCNCC2)(C(=O)N2CCc3ncc(C(F)(F)F)cc3C2)C1. The second-order valence-corrected chi connectivity index (χ2v) is 11.7. The fraction of sp³-hybridized carbons (Fsp3) is 0.786. The Bertz CT molecular complexity index is 971. The fourth-order valence-electron chi connectivity index (χ4n) is 6.98. The molecule has 38 heavy (non-hydrogen) atoms. The van der Waals surface area contributed by atoms with Crippen LogP contribution < -0.4 is 10.6 Å². The van der Waals surface area contributed by atoms with E-state index in [0.717, 1.165) is 70.7 Å². The number of carbonyl (C=O) groups is 1. The van der Waals surface area contributed by atoms with Crippen LogP contribution in [0.15, 0.2) is 12.3 Å². The Balaban J connectivity index is 1.32. The molecule has 7 nitrogen and oxygen atoms in total. The number of halogens is 3. The molecule has 5 rings (SSSR count). The smallest absolute Gasteiger partial charge is 0.379 e. The summed E-state index contributed by atoms with van der Waals surface area (Å²) in [4.78, 5) is 20.1. The minimum atomic E-state index is -4.45. The van der Waals surface area contributed by atoms with Crippen LogP contribution in [-0.4, -0.2) is 73.9 Å². The van der Waals surface area contributed by atoms with Gasteiger partial charge in [0.05, 0.1) is 23.7 Å². The Labute approximate surface area is 223 Å². The van der Waals surface area contributed by atoms with E-state index in [1.165, 1.54) is 6.07 Å². The van der Waals surface area contributed by atoms with Crippen molar-refractivity contribution in [3.8, 4) is 0 Å². The average molecular weight is 539 g/mol. The molecule has 3 fully saturated rings. The minimum absolute atomic E-state index is 0.00175. The maximum absolute atomic E-state index is 14.2.